The summed E-state index contributed by atoms with van der Waals surface area (Å²) in [6.45, 7) is 14.8. The maximum atomic E-state index is 12.4. The largest absolute Gasteiger partial charge is 0.462 e. The van der Waals surface area contributed by atoms with E-state index in [2.05, 4.69) is 47.6 Å². The molecule has 3 saturated carbocycles. The Kier molecular flexibility index (Phi) is 9.36. The summed E-state index contributed by atoms with van der Waals surface area (Å²) in [7, 11) is 0. The molecule has 0 aromatic rings. The van der Waals surface area contributed by atoms with Crippen LogP contribution in [0.5, 0.6) is 0 Å². The molecule has 3 fully saturated rings. The lowest BCUT2D eigenvalue weighted by Gasteiger charge is -2.58. The molecule has 2 heteroatoms. The predicted octanol–water partition coefficient (Wildman–Crippen LogP) is 9.91. The number of allylic oxidation sites excluding steroid dienone is 1. The minimum atomic E-state index is 0.0435. The zero-order chi connectivity index (χ0) is 25.9. The van der Waals surface area contributed by atoms with Gasteiger partial charge in [0.05, 0.1) is 0 Å². The van der Waals surface area contributed by atoms with Crippen LogP contribution in [0.4, 0.5) is 0 Å². The highest BCUT2D eigenvalue weighted by Gasteiger charge is 2.59. The van der Waals surface area contributed by atoms with Crippen molar-refractivity contribution in [2.24, 2.45) is 46.3 Å². The smallest absolute Gasteiger partial charge is 0.306 e. The second-order valence-corrected chi connectivity index (χ2v) is 14.5. The summed E-state index contributed by atoms with van der Waals surface area (Å²) < 4.78 is 5.99. The first-order valence-corrected chi connectivity index (χ1v) is 16.1. The number of hydrogen-bond acceptors (Lipinski definition) is 2. The molecule has 0 spiro atoms. The van der Waals surface area contributed by atoms with E-state index in [4.69, 9.17) is 4.74 Å². The Morgan fingerprint density at radius 2 is 1.78 bits per heavy atom. The van der Waals surface area contributed by atoms with Gasteiger partial charge >= 0.3 is 5.97 Å². The van der Waals surface area contributed by atoms with Gasteiger partial charge in [0.15, 0.2) is 0 Å². The van der Waals surface area contributed by atoms with Crippen LogP contribution in [0, 0.1) is 46.3 Å². The van der Waals surface area contributed by atoms with Gasteiger partial charge in [-0.15, -0.1) is 0 Å². The van der Waals surface area contributed by atoms with Gasteiger partial charge in [0.1, 0.15) is 6.10 Å². The minimum absolute atomic E-state index is 0.0435. The molecule has 36 heavy (non-hydrogen) atoms. The molecule has 4 rings (SSSR count). The summed E-state index contributed by atoms with van der Waals surface area (Å²) >= 11 is 0. The lowest BCUT2D eigenvalue weighted by atomic mass is 9.47. The highest BCUT2D eigenvalue weighted by molar-refractivity contribution is 5.69. The molecule has 4 aliphatic carbocycles. The first-order chi connectivity index (χ1) is 17.2. The van der Waals surface area contributed by atoms with Gasteiger partial charge in [-0.25, -0.2) is 0 Å². The average Bonchev–Trinajstić information content (AvgIpc) is 3.19. The Labute approximate surface area is 223 Å². The van der Waals surface area contributed by atoms with Crippen molar-refractivity contribution in [2.75, 3.05) is 0 Å². The van der Waals surface area contributed by atoms with Crippen LogP contribution in [0.25, 0.3) is 0 Å². The number of esters is 1. The Morgan fingerprint density at radius 1 is 0.972 bits per heavy atom. The van der Waals surface area contributed by atoms with E-state index in [1.807, 2.05) is 0 Å². The molecule has 0 aliphatic heterocycles. The molecule has 206 valence electrons. The third kappa shape index (κ3) is 5.78. The topological polar surface area (TPSA) is 26.3 Å². The van der Waals surface area contributed by atoms with Crippen molar-refractivity contribution in [3.05, 3.63) is 11.6 Å². The Hall–Kier alpha value is -0.790. The van der Waals surface area contributed by atoms with Crippen molar-refractivity contribution < 1.29 is 9.53 Å². The highest BCUT2D eigenvalue weighted by Crippen LogP contribution is 2.67. The van der Waals surface area contributed by atoms with E-state index in [1.165, 1.54) is 70.6 Å². The molecular formula is C34H58O2. The maximum Gasteiger partial charge on any atom is 0.306 e. The van der Waals surface area contributed by atoms with Crippen molar-refractivity contribution in [1.82, 2.24) is 0 Å². The van der Waals surface area contributed by atoms with Crippen LogP contribution in [-0.2, 0) is 9.53 Å². The number of unbranched alkanes of at least 4 members (excludes halogenated alkanes) is 3. The normalized spacial score (nSPS) is 38.6. The molecule has 0 bridgehead atoms. The molecule has 0 unspecified atom stereocenters. The van der Waals surface area contributed by atoms with Crippen molar-refractivity contribution in [1.29, 1.82) is 0 Å². The fourth-order valence-corrected chi connectivity index (χ4v) is 9.69. The second kappa shape index (κ2) is 11.9. The lowest BCUT2D eigenvalue weighted by Crippen LogP contribution is -2.51. The average molecular weight is 499 g/mol. The fourth-order valence-electron chi connectivity index (χ4n) is 9.69. The van der Waals surface area contributed by atoms with Crippen LogP contribution in [0.1, 0.15) is 144 Å². The predicted molar refractivity (Wildman–Crippen MR) is 152 cm³/mol. The molecule has 4 aliphatic rings. The molecule has 0 aromatic heterocycles. The fraction of sp³-hybridized carbons (Fsp3) is 0.912. The second-order valence-electron chi connectivity index (χ2n) is 14.5. The monoisotopic (exact) mass is 498 g/mol. The SMILES string of the molecule is CCCCCCC(=O)O[C@H]1CC[C@@]2(C)C(=CC[C@@H]3[C@H]4CC[C@@H]([C@H](C)CCCC(C)C)[C@@]4(C)CC[C@H]32)C1. The Morgan fingerprint density at radius 3 is 2.53 bits per heavy atom. The van der Waals surface area contributed by atoms with E-state index in [1.54, 1.807) is 5.57 Å². The highest BCUT2D eigenvalue weighted by atomic mass is 16.5. The Balaban J connectivity index is 1.36. The van der Waals surface area contributed by atoms with Crippen LogP contribution in [0.2, 0.25) is 0 Å². The van der Waals surface area contributed by atoms with Gasteiger partial charge in [-0.05, 0) is 97.7 Å². The number of rotatable bonds is 11. The number of carbonyl (C=O) groups excluding carboxylic acids is 1. The molecule has 0 radical (unpaired) electrons. The third-order valence-corrected chi connectivity index (χ3v) is 11.8. The van der Waals surface area contributed by atoms with Crippen molar-refractivity contribution in [3.8, 4) is 0 Å². The number of ether oxygens (including phenoxy) is 1. The lowest BCUT2D eigenvalue weighted by molar-refractivity contribution is -0.151. The standard InChI is InChI=1S/C34H58O2/c1-7-8-9-10-14-32(35)36-27-19-21-33(5)26(23-27)15-16-28-30-18-17-29(25(4)13-11-12-24(2)3)34(30,6)22-20-31(28)33/h15,24-25,27-31H,7-14,16-23H2,1-6H3/t25-,27+,28-,29+,30-,31-,33+,34-/m1/s1. The van der Waals surface area contributed by atoms with Gasteiger partial charge in [0.25, 0.3) is 0 Å². The van der Waals surface area contributed by atoms with E-state index < -0.39 is 0 Å². The minimum Gasteiger partial charge on any atom is -0.462 e. The maximum absolute atomic E-state index is 12.4. The number of hydrogen-bond donors (Lipinski definition) is 0. The van der Waals surface area contributed by atoms with Crippen molar-refractivity contribution >= 4 is 5.97 Å². The van der Waals surface area contributed by atoms with E-state index in [0.717, 1.165) is 61.2 Å². The summed E-state index contributed by atoms with van der Waals surface area (Å²) in [6, 6.07) is 0. The van der Waals surface area contributed by atoms with Gasteiger partial charge in [-0.3, -0.25) is 4.79 Å². The zero-order valence-electron chi connectivity index (χ0n) is 24.7. The first-order valence-electron chi connectivity index (χ1n) is 16.1. The number of fused-ring (bicyclic) bond motifs is 5. The van der Waals surface area contributed by atoms with Crippen LogP contribution in [-0.4, -0.2) is 12.1 Å². The first kappa shape index (κ1) is 28.2. The van der Waals surface area contributed by atoms with Crippen LogP contribution >= 0.6 is 0 Å². The van der Waals surface area contributed by atoms with Gasteiger partial charge in [-0.1, -0.05) is 91.7 Å². The summed E-state index contributed by atoms with van der Waals surface area (Å²) in [5, 5.41) is 0. The van der Waals surface area contributed by atoms with Crippen LogP contribution in [0.15, 0.2) is 11.6 Å². The van der Waals surface area contributed by atoms with Gasteiger partial charge < -0.3 is 4.74 Å². The molecule has 2 nitrogen and oxygen atoms in total. The molecular weight excluding hydrogens is 440 g/mol. The molecule has 0 aromatic carbocycles. The van der Waals surface area contributed by atoms with Crippen molar-refractivity contribution in [2.45, 2.75) is 150 Å². The zero-order valence-corrected chi connectivity index (χ0v) is 24.7. The summed E-state index contributed by atoms with van der Waals surface area (Å²) in [4.78, 5) is 12.4. The van der Waals surface area contributed by atoms with E-state index in [-0.39, 0.29) is 12.1 Å². The van der Waals surface area contributed by atoms with E-state index in [0.29, 0.717) is 17.3 Å². The van der Waals surface area contributed by atoms with Gasteiger partial charge in [-0.2, -0.15) is 0 Å². The van der Waals surface area contributed by atoms with E-state index >= 15 is 0 Å². The number of carbonyl (C=O) groups is 1. The third-order valence-electron chi connectivity index (χ3n) is 11.8. The van der Waals surface area contributed by atoms with Crippen LogP contribution < -0.4 is 0 Å². The van der Waals surface area contributed by atoms with Crippen molar-refractivity contribution in [3.63, 3.8) is 0 Å². The van der Waals surface area contributed by atoms with E-state index in [9.17, 15) is 4.79 Å². The summed E-state index contributed by atoms with van der Waals surface area (Å²) in [5.41, 5.74) is 2.54. The van der Waals surface area contributed by atoms with Gasteiger partial charge in [0.2, 0.25) is 0 Å². The van der Waals surface area contributed by atoms with Crippen LogP contribution in [0.3, 0.4) is 0 Å². The summed E-state index contributed by atoms with van der Waals surface area (Å²) in [6.07, 6.45) is 22.5. The molecule has 0 heterocycles. The molecule has 0 saturated heterocycles. The van der Waals surface area contributed by atoms with Gasteiger partial charge in [0, 0.05) is 12.8 Å². The molecule has 0 amide bonds. The summed E-state index contributed by atoms with van der Waals surface area (Å²) in [5.74, 6) is 5.34. The quantitative estimate of drug-likeness (QED) is 0.161. The molecule has 8 atom stereocenters. The molecule has 0 N–H and O–H groups in total. The Bertz CT molecular complexity index is 767.